The van der Waals surface area contributed by atoms with Gasteiger partial charge in [0.2, 0.25) is 0 Å². The molecule has 100 valence electrons. The van der Waals surface area contributed by atoms with Crippen molar-refractivity contribution in [2.45, 2.75) is 6.54 Å². The standard InChI is InChI=1S/C12H13N3O3S/c16-5-4-13-7-10-8-19-12(14-10)9-2-1-3-11(6-9)15(17)18/h1-3,6,8,13,16H,4-5,7H2. The van der Waals surface area contributed by atoms with Gasteiger partial charge in [0.15, 0.2) is 0 Å². The molecule has 0 bridgehead atoms. The molecule has 0 amide bonds. The van der Waals surface area contributed by atoms with Crippen molar-refractivity contribution in [2.24, 2.45) is 0 Å². The highest BCUT2D eigenvalue weighted by Crippen LogP contribution is 2.26. The maximum atomic E-state index is 10.7. The van der Waals surface area contributed by atoms with Crippen LogP contribution in [0.2, 0.25) is 0 Å². The number of non-ortho nitro benzene ring substituents is 1. The molecule has 0 radical (unpaired) electrons. The number of nitro groups is 1. The van der Waals surface area contributed by atoms with Crippen LogP contribution >= 0.6 is 11.3 Å². The van der Waals surface area contributed by atoms with Gasteiger partial charge < -0.3 is 10.4 Å². The van der Waals surface area contributed by atoms with Gasteiger partial charge in [-0.2, -0.15) is 0 Å². The van der Waals surface area contributed by atoms with Gasteiger partial charge in [0.05, 0.1) is 17.2 Å². The largest absolute Gasteiger partial charge is 0.395 e. The Morgan fingerprint density at radius 2 is 2.32 bits per heavy atom. The highest BCUT2D eigenvalue weighted by atomic mass is 32.1. The molecule has 6 nitrogen and oxygen atoms in total. The molecule has 1 heterocycles. The van der Waals surface area contributed by atoms with E-state index in [-0.39, 0.29) is 12.3 Å². The first kappa shape index (κ1) is 13.6. The van der Waals surface area contributed by atoms with Crippen LogP contribution in [0.3, 0.4) is 0 Å². The quantitative estimate of drug-likeness (QED) is 0.478. The van der Waals surface area contributed by atoms with Gasteiger partial charge in [-0.15, -0.1) is 11.3 Å². The van der Waals surface area contributed by atoms with Crippen molar-refractivity contribution >= 4 is 17.0 Å². The monoisotopic (exact) mass is 279 g/mol. The van der Waals surface area contributed by atoms with Crippen LogP contribution in [0.25, 0.3) is 10.6 Å². The Kier molecular flexibility index (Phi) is 4.56. The summed E-state index contributed by atoms with van der Waals surface area (Å²) in [6, 6.07) is 6.43. The number of hydrogen-bond acceptors (Lipinski definition) is 6. The molecular weight excluding hydrogens is 266 g/mol. The molecule has 2 rings (SSSR count). The van der Waals surface area contributed by atoms with E-state index in [1.54, 1.807) is 12.1 Å². The van der Waals surface area contributed by atoms with Gasteiger partial charge in [0.1, 0.15) is 5.01 Å². The van der Waals surface area contributed by atoms with Crippen molar-refractivity contribution in [1.29, 1.82) is 0 Å². The van der Waals surface area contributed by atoms with Crippen LogP contribution in [0.15, 0.2) is 29.6 Å². The number of thiazole rings is 1. The fraction of sp³-hybridized carbons (Fsp3) is 0.250. The van der Waals surface area contributed by atoms with Crippen molar-refractivity contribution in [3.8, 4) is 10.6 Å². The lowest BCUT2D eigenvalue weighted by molar-refractivity contribution is -0.384. The van der Waals surface area contributed by atoms with Crippen molar-refractivity contribution in [1.82, 2.24) is 10.3 Å². The number of aliphatic hydroxyl groups excluding tert-OH is 1. The van der Waals surface area contributed by atoms with E-state index < -0.39 is 4.92 Å². The van der Waals surface area contributed by atoms with Crippen LogP contribution in [0.1, 0.15) is 5.69 Å². The van der Waals surface area contributed by atoms with E-state index in [1.165, 1.54) is 23.5 Å². The fourth-order valence-corrected chi connectivity index (χ4v) is 2.39. The Labute approximate surface area is 113 Å². The van der Waals surface area contributed by atoms with E-state index in [9.17, 15) is 10.1 Å². The number of nitro benzene ring substituents is 1. The van der Waals surface area contributed by atoms with Gasteiger partial charge in [-0.25, -0.2) is 4.98 Å². The number of aromatic nitrogens is 1. The zero-order valence-electron chi connectivity index (χ0n) is 10.1. The normalized spacial score (nSPS) is 10.6. The van der Waals surface area contributed by atoms with E-state index in [4.69, 9.17) is 5.11 Å². The molecule has 2 aromatic rings. The number of hydrogen-bond donors (Lipinski definition) is 2. The summed E-state index contributed by atoms with van der Waals surface area (Å²) >= 11 is 1.44. The smallest absolute Gasteiger partial charge is 0.270 e. The average molecular weight is 279 g/mol. The number of benzene rings is 1. The van der Waals surface area contributed by atoms with Gasteiger partial charge in [-0.05, 0) is 0 Å². The van der Waals surface area contributed by atoms with Crippen molar-refractivity contribution in [3.63, 3.8) is 0 Å². The van der Waals surface area contributed by atoms with Gasteiger partial charge in [-0.3, -0.25) is 10.1 Å². The van der Waals surface area contributed by atoms with E-state index >= 15 is 0 Å². The SMILES string of the molecule is O=[N+]([O-])c1cccc(-c2nc(CNCCO)cs2)c1. The molecule has 0 aliphatic heterocycles. The Morgan fingerprint density at radius 3 is 3.05 bits per heavy atom. The Morgan fingerprint density at radius 1 is 1.47 bits per heavy atom. The number of nitrogens with zero attached hydrogens (tertiary/aromatic N) is 2. The maximum absolute atomic E-state index is 10.7. The van der Waals surface area contributed by atoms with Gasteiger partial charge in [0, 0.05) is 36.2 Å². The molecule has 0 saturated carbocycles. The number of rotatable bonds is 6. The first-order chi connectivity index (χ1) is 9.20. The minimum Gasteiger partial charge on any atom is -0.395 e. The van der Waals surface area contributed by atoms with Gasteiger partial charge >= 0.3 is 0 Å². The van der Waals surface area contributed by atoms with Gasteiger partial charge in [-0.1, -0.05) is 12.1 Å². The van der Waals surface area contributed by atoms with Crippen molar-refractivity contribution in [3.05, 3.63) is 45.5 Å². The second kappa shape index (κ2) is 6.37. The molecule has 0 unspecified atom stereocenters. The molecule has 0 saturated heterocycles. The van der Waals surface area contributed by atoms with E-state index in [0.29, 0.717) is 13.1 Å². The molecule has 0 aliphatic carbocycles. The highest BCUT2D eigenvalue weighted by molar-refractivity contribution is 7.13. The summed E-state index contributed by atoms with van der Waals surface area (Å²) in [5.41, 5.74) is 1.67. The van der Waals surface area contributed by atoms with Crippen LogP contribution in [0.4, 0.5) is 5.69 Å². The predicted octanol–water partition coefficient (Wildman–Crippen LogP) is 1.80. The van der Waals surface area contributed by atoms with E-state index in [1.807, 2.05) is 5.38 Å². The summed E-state index contributed by atoms with van der Waals surface area (Å²) in [6.07, 6.45) is 0. The van der Waals surface area contributed by atoms with Crippen LogP contribution < -0.4 is 5.32 Å². The molecule has 1 aromatic carbocycles. The molecule has 0 spiro atoms. The Hall–Kier alpha value is -1.83. The van der Waals surface area contributed by atoms with Crippen LogP contribution in [0, 0.1) is 10.1 Å². The van der Waals surface area contributed by atoms with Crippen molar-refractivity contribution in [2.75, 3.05) is 13.2 Å². The summed E-state index contributed by atoms with van der Waals surface area (Å²) in [5, 5.41) is 25.1. The summed E-state index contributed by atoms with van der Waals surface area (Å²) in [7, 11) is 0. The lowest BCUT2D eigenvalue weighted by atomic mass is 10.2. The third kappa shape index (κ3) is 3.57. The third-order valence-electron chi connectivity index (χ3n) is 2.45. The highest BCUT2D eigenvalue weighted by Gasteiger charge is 2.09. The number of nitrogens with one attached hydrogen (secondary N) is 1. The van der Waals surface area contributed by atoms with Crippen LogP contribution in [-0.2, 0) is 6.54 Å². The Balaban J connectivity index is 2.13. The molecule has 1 aromatic heterocycles. The third-order valence-corrected chi connectivity index (χ3v) is 3.39. The van der Waals surface area contributed by atoms with Crippen LogP contribution in [0.5, 0.6) is 0 Å². The Bertz CT molecular complexity index is 571. The van der Waals surface area contributed by atoms with Gasteiger partial charge in [0.25, 0.3) is 5.69 Å². The predicted molar refractivity (Wildman–Crippen MR) is 73.0 cm³/mol. The summed E-state index contributed by atoms with van der Waals surface area (Å²) in [6.45, 7) is 1.18. The topological polar surface area (TPSA) is 88.3 Å². The van der Waals surface area contributed by atoms with E-state index in [0.717, 1.165) is 16.3 Å². The first-order valence-corrected chi connectivity index (χ1v) is 6.59. The lowest BCUT2D eigenvalue weighted by Gasteiger charge is -1.98. The molecule has 0 fully saturated rings. The second-order valence-electron chi connectivity index (χ2n) is 3.85. The second-order valence-corrected chi connectivity index (χ2v) is 4.71. The van der Waals surface area contributed by atoms with E-state index in [2.05, 4.69) is 10.3 Å². The molecular formula is C12H13N3O3S. The van der Waals surface area contributed by atoms with Crippen molar-refractivity contribution < 1.29 is 10.0 Å². The summed E-state index contributed by atoms with van der Waals surface area (Å²) in [4.78, 5) is 14.7. The first-order valence-electron chi connectivity index (χ1n) is 5.71. The number of aliphatic hydroxyl groups is 1. The fourth-order valence-electron chi connectivity index (χ4n) is 1.57. The van der Waals surface area contributed by atoms with Crippen LogP contribution in [-0.4, -0.2) is 28.2 Å². The minimum absolute atomic E-state index is 0.0626. The molecule has 0 aliphatic rings. The summed E-state index contributed by atoms with van der Waals surface area (Å²) in [5.74, 6) is 0. The molecule has 19 heavy (non-hydrogen) atoms. The molecule has 2 N–H and O–H groups in total. The average Bonchev–Trinajstić information content (AvgIpc) is 2.88. The lowest BCUT2D eigenvalue weighted by Crippen LogP contribution is -2.17. The summed E-state index contributed by atoms with van der Waals surface area (Å²) < 4.78 is 0. The maximum Gasteiger partial charge on any atom is 0.270 e. The molecule has 7 heteroatoms. The zero-order valence-corrected chi connectivity index (χ0v) is 10.9. The zero-order chi connectivity index (χ0) is 13.7. The molecule has 0 atom stereocenters. The minimum atomic E-state index is -0.416.